The summed E-state index contributed by atoms with van der Waals surface area (Å²) in [7, 11) is 1.48. The Hall–Kier alpha value is -2.80. The van der Waals surface area contributed by atoms with Crippen LogP contribution in [0.1, 0.15) is 5.56 Å². The Kier molecular flexibility index (Phi) is 5.97. The van der Waals surface area contributed by atoms with E-state index in [-0.39, 0.29) is 11.6 Å². The van der Waals surface area contributed by atoms with Crippen LogP contribution in [0.2, 0.25) is 5.02 Å². The van der Waals surface area contributed by atoms with Crippen molar-refractivity contribution >= 4 is 29.4 Å². The van der Waals surface area contributed by atoms with E-state index in [0.717, 1.165) is 5.56 Å². The van der Waals surface area contributed by atoms with Gasteiger partial charge in [0.15, 0.2) is 18.1 Å². The summed E-state index contributed by atoms with van der Waals surface area (Å²) in [6, 6.07) is 8.91. The molecule has 0 unspecified atom stereocenters. The summed E-state index contributed by atoms with van der Waals surface area (Å²) >= 11 is 5.66. The summed E-state index contributed by atoms with van der Waals surface area (Å²) in [6.07, 6.45) is 1.46. The minimum absolute atomic E-state index is 0.0763. The molecule has 0 atom stereocenters. The molecule has 0 radical (unpaired) electrons. The number of hydrazone groups is 1. The van der Waals surface area contributed by atoms with Crippen LogP contribution < -0.4 is 20.6 Å². The van der Waals surface area contributed by atoms with E-state index in [2.05, 4.69) is 10.4 Å². The van der Waals surface area contributed by atoms with E-state index in [1.165, 1.54) is 31.5 Å². The van der Waals surface area contributed by atoms with Crippen molar-refractivity contribution in [2.24, 2.45) is 10.9 Å². The van der Waals surface area contributed by atoms with E-state index in [9.17, 15) is 9.18 Å². The van der Waals surface area contributed by atoms with Gasteiger partial charge in [0, 0.05) is 5.69 Å². The van der Waals surface area contributed by atoms with E-state index in [1.807, 2.05) is 0 Å². The topological polar surface area (TPSA) is 85.9 Å². The van der Waals surface area contributed by atoms with Gasteiger partial charge in [-0.25, -0.2) is 4.39 Å². The van der Waals surface area contributed by atoms with E-state index in [4.69, 9.17) is 26.9 Å². The zero-order valence-electron chi connectivity index (χ0n) is 12.8. The lowest BCUT2D eigenvalue weighted by molar-refractivity contribution is -0.118. The molecule has 0 saturated carbocycles. The van der Waals surface area contributed by atoms with Crippen molar-refractivity contribution in [2.75, 3.05) is 19.0 Å². The molecule has 0 aromatic heterocycles. The van der Waals surface area contributed by atoms with Crippen LogP contribution in [-0.2, 0) is 4.79 Å². The van der Waals surface area contributed by atoms with Gasteiger partial charge >= 0.3 is 0 Å². The fraction of sp³-hybridized carbons (Fsp3) is 0.125. The molecule has 0 bridgehead atoms. The second-order valence-corrected chi connectivity index (χ2v) is 5.06. The number of nitrogens with two attached hydrogens (primary N) is 1. The third-order valence-electron chi connectivity index (χ3n) is 2.97. The minimum Gasteiger partial charge on any atom is -0.493 e. The van der Waals surface area contributed by atoms with Gasteiger partial charge in [-0.1, -0.05) is 11.6 Å². The largest absolute Gasteiger partial charge is 0.493 e. The molecule has 0 aliphatic heterocycles. The minimum atomic E-state index is -0.559. The van der Waals surface area contributed by atoms with Crippen LogP contribution in [-0.4, -0.2) is 25.8 Å². The van der Waals surface area contributed by atoms with Crippen LogP contribution >= 0.6 is 11.6 Å². The SMILES string of the molecule is COc1cc(/C=N\N)ccc1OCC(=O)Nc1ccc(F)c(Cl)c1. The highest BCUT2D eigenvalue weighted by atomic mass is 35.5. The first-order valence-corrected chi connectivity index (χ1v) is 7.20. The highest BCUT2D eigenvalue weighted by Gasteiger charge is 2.09. The standard InChI is InChI=1S/C16H15ClFN3O3/c1-23-15-6-10(8-20-19)2-5-14(15)24-9-16(22)21-11-3-4-13(18)12(17)7-11/h2-8H,9,19H2,1H3,(H,21,22)/b20-8-. The van der Waals surface area contributed by atoms with E-state index in [1.54, 1.807) is 18.2 Å². The van der Waals surface area contributed by atoms with Crippen molar-refractivity contribution in [3.63, 3.8) is 0 Å². The van der Waals surface area contributed by atoms with Gasteiger partial charge in [0.1, 0.15) is 5.82 Å². The second kappa shape index (κ2) is 8.16. The van der Waals surface area contributed by atoms with Gasteiger partial charge in [0.05, 0.1) is 18.3 Å². The molecule has 8 heteroatoms. The molecule has 2 aromatic carbocycles. The average Bonchev–Trinajstić information content (AvgIpc) is 2.57. The molecule has 1 amide bonds. The molecule has 24 heavy (non-hydrogen) atoms. The zero-order valence-corrected chi connectivity index (χ0v) is 13.5. The van der Waals surface area contributed by atoms with Crippen LogP contribution in [0.3, 0.4) is 0 Å². The van der Waals surface area contributed by atoms with Crippen LogP contribution in [0.25, 0.3) is 0 Å². The average molecular weight is 352 g/mol. The van der Waals surface area contributed by atoms with Gasteiger partial charge in [-0.05, 0) is 42.0 Å². The van der Waals surface area contributed by atoms with Crippen LogP contribution in [0.15, 0.2) is 41.5 Å². The number of nitrogens with one attached hydrogen (secondary N) is 1. The van der Waals surface area contributed by atoms with Crippen molar-refractivity contribution in [3.05, 3.63) is 52.8 Å². The Labute approximate surface area is 143 Å². The highest BCUT2D eigenvalue weighted by Crippen LogP contribution is 2.27. The first kappa shape index (κ1) is 17.6. The molecule has 0 heterocycles. The van der Waals surface area contributed by atoms with E-state index < -0.39 is 11.7 Å². The van der Waals surface area contributed by atoms with Crippen molar-refractivity contribution < 1.29 is 18.7 Å². The maximum atomic E-state index is 13.1. The number of halogens is 2. The fourth-order valence-corrected chi connectivity index (χ4v) is 2.06. The molecular weight excluding hydrogens is 337 g/mol. The number of benzene rings is 2. The number of carbonyl (C=O) groups excluding carboxylic acids is 1. The van der Waals surface area contributed by atoms with Gasteiger partial charge in [-0.15, -0.1) is 0 Å². The zero-order chi connectivity index (χ0) is 17.5. The Balaban J connectivity index is 1.99. The number of rotatable bonds is 6. The molecule has 0 aliphatic carbocycles. The molecule has 0 saturated heterocycles. The number of ether oxygens (including phenoxy) is 2. The summed E-state index contributed by atoms with van der Waals surface area (Å²) in [4.78, 5) is 11.9. The maximum absolute atomic E-state index is 13.1. The lowest BCUT2D eigenvalue weighted by Gasteiger charge is -2.11. The number of hydrogen-bond acceptors (Lipinski definition) is 5. The number of anilines is 1. The number of nitrogens with zero attached hydrogens (tertiary/aromatic N) is 1. The van der Waals surface area contributed by atoms with Crippen LogP contribution in [0, 0.1) is 5.82 Å². The Bertz CT molecular complexity index is 768. The summed E-state index contributed by atoms with van der Waals surface area (Å²) in [6.45, 7) is -0.254. The number of amides is 1. The molecular formula is C16H15ClFN3O3. The second-order valence-electron chi connectivity index (χ2n) is 4.65. The normalized spacial score (nSPS) is 10.6. The summed E-state index contributed by atoms with van der Waals surface area (Å²) in [5.41, 5.74) is 1.10. The Morgan fingerprint density at radius 3 is 2.79 bits per heavy atom. The van der Waals surface area contributed by atoms with Gasteiger partial charge in [0.2, 0.25) is 0 Å². The Morgan fingerprint density at radius 2 is 2.12 bits per heavy atom. The smallest absolute Gasteiger partial charge is 0.262 e. The molecule has 0 spiro atoms. The number of hydrogen-bond donors (Lipinski definition) is 2. The third kappa shape index (κ3) is 4.60. The maximum Gasteiger partial charge on any atom is 0.262 e. The Morgan fingerprint density at radius 1 is 1.33 bits per heavy atom. The number of carbonyl (C=O) groups is 1. The molecule has 2 rings (SSSR count). The predicted octanol–water partition coefficient (Wildman–Crippen LogP) is 2.80. The van der Waals surface area contributed by atoms with Gasteiger partial charge < -0.3 is 20.6 Å². The van der Waals surface area contributed by atoms with Crippen LogP contribution in [0.4, 0.5) is 10.1 Å². The quantitative estimate of drug-likeness (QED) is 0.476. The molecule has 0 aliphatic rings. The summed E-state index contributed by atoms with van der Waals surface area (Å²) in [5, 5.41) is 5.90. The van der Waals surface area contributed by atoms with E-state index in [0.29, 0.717) is 17.2 Å². The monoisotopic (exact) mass is 351 g/mol. The van der Waals surface area contributed by atoms with Crippen LogP contribution in [0.5, 0.6) is 11.5 Å². The fourth-order valence-electron chi connectivity index (χ4n) is 1.88. The summed E-state index contributed by atoms with van der Waals surface area (Å²) in [5.74, 6) is 4.93. The van der Waals surface area contributed by atoms with Crippen molar-refractivity contribution in [3.8, 4) is 11.5 Å². The molecule has 0 fully saturated rings. The lowest BCUT2D eigenvalue weighted by atomic mass is 10.2. The van der Waals surface area contributed by atoms with Gasteiger partial charge in [-0.3, -0.25) is 4.79 Å². The first-order chi connectivity index (χ1) is 11.5. The van der Waals surface area contributed by atoms with Crippen molar-refractivity contribution in [1.29, 1.82) is 0 Å². The molecule has 3 N–H and O–H groups in total. The van der Waals surface area contributed by atoms with Gasteiger partial charge in [-0.2, -0.15) is 5.10 Å². The number of methoxy groups -OCH3 is 1. The lowest BCUT2D eigenvalue weighted by Crippen LogP contribution is -2.20. The molecule has 6 nitrogen and oxygen atoms in total. The third-order valence-corrected chi connectivity index (χ3v) is 3.26. The predicted molar refractivity (Wildman–Crippen MR) is 90.3 cm³/mol. The molecule has 2 aromatic rings. The summed E-state index contributed by atoms with van der Waals surface area (Å²) < 4.78 is 23.7. The van der Waals surface area contributed by atoms with Gasteiger partial charge in [0.25, 0.3) is 5.91 Å². The highest BCUT2D eigenvalue weighted by molar-refractivity contribution is 6.31. The first-order valence-electron chi connectivity index (χ1n) is 6.82. The molecule has 126 valence electrons. The van der Waals surface area contributed by atoms with Crippen molar-refractivity contribution in [1.82, 2.24) is 0 Å². The van der Waals surface area contributed by atoms with E-state index >= 15 is 0 Å². The van der Waals surface area contributed by atoms with Crippen molar-refractivity contribution in [2.45, 2.75) is 0 Å².